The van der Waals surface area contributed by atoms with E-state index in [-0.39, 0.29) is 11.8 Å². The molecular weight excluding hydrogens is 407 g/mol. The number of hydrogen-bond acceptors (Lipinski definition) is 2. The van der Waals surface area contributed by atoms with E-state index in [2.05, 4.69) is 0 Å². The van der Waals surface area contributed by atoms with Gasteiger partial charge in [-0.05, 0) is 48.9 Å². The molecule has 0 aliphatic carbocycles. The molecule has 1 aliphatic rings. The maximum atomic E-state index is 13.3. The number of halogens is 2. The molecule has 6 heteroatoms. The van der Waals surface area contributed by atoms with E-state index in [1.807, 2.05) is 48.5 Å². The van der Waals surface area contributed by atoms with E-state index in [9.17, 15) is 9.59 Å². The summed E-state index contributed by atoms with van der Waals surface area (Å²) < 4.78 is 0. The van der Waals surface area contributed by atoms with Gasteiger partial charge in [-0.25, -0.2) is 0 Å². The van der Waals surface area contributed by atoms with Crippen molar-refractivity contribution in [1.29, 1.82) is 0 Å². The van der Waals surface area contributed by atoms with E-state index in [0.717, 1.165) is 5.56 Å². The first-order chi connectivity index (χ1) is 14.0. The Kier molecular flexibility index (Phi) is 5.31. The third-order valence-corrected chi connectivity index (χ3v) is 5.75. The van der Waals surface area contributed by atoms with Gasteiger partial charge in [0.2, 0.25) is 5.91 Å². The lowest BCUT2D eigenvalue weighted by Crippen LogP contribution is -2.54. The van der Waals surface area contributed by atoms with Crippen LogP contribution >= 0.6 is 23.2 Å². The molecule has 0 fully saturated rings. The standard InChI is InChI=1S/C23H18Cl2N2O2/c1-15-22(28)26(14-16-11-12-18(24)19(25)13-16)20-9-5-6-10-21(20)27(15)23(29)17-7-3-2-4-8-17/h2-13,15H,14H2,1H3/t15-/m1/s1. The van der Waals surface area contributed by atoms with Gasteiger partial charge in [-0.2, -0.15) is 0 Å². The third kappa shape index (κ3) is 3.61. The lowest BCUT2D eigenvalue weighted by atomic mass is 10.0. The van der Waals surface area contributed by atoms with E-state index in [1.165, 1.54) is 0 Å². The Hall–Kier alpha value is -2.82. The highest BCUT2D eigenvalue weighted by atomic mass is 35.5. The molecule has 0 N–H and O–H groups in total. The van der Waals surface area contributed by atoms with Crippen LogP contribution in [0.2, 0.25) is 10.0 Å². The molecule has 0 saturated heterocycles. The zero-order chi connectivity index (χ0) is 20.5. The highest BCUT2D eigenvalue weighted by Gasteiger charge is 2.38. The number of amides is 2. The van der Waals surface area contributed by atoms with Crippen LogP contribution in [0.3, 0.4) is 0 Å². The summed E-state index contributed by atoms with van der Waals surface area (Å²) in [5.41, 5.74) is 2.79. The molecule has 29 heavy (non-hydrogen) atoms. The highest BCUT2D eigenvalue weighted by molar-refractivity contribution is 6.42. The summed E-state index contributed by atoms with van der Waals surface area (Å²) in [5, 5.41) is 0.907. The molecular formula is C23H18Cl2N2O2. The first kappa shape index (κ1) is 19.5. The van der Waals surface area contributed by atoms with Gasteiger partial charge < -0.3 is 4.90 Å². The van der Waals surface area contributed by atoms with Gasteiger partial charge in [0, 0.05) is 5.56 Å². The zero-order valence-electron chi connectivity index (χ0n) is 15.7. The largest absolute Gasteiger partial charge is 0.304 e. The van der Waals surface area contributed by atoms with Gasteiger partial charge in [-0.3, -0.25) is 14.5 Å². The van der Waals surface area contributed by atoms with E-state index >= 15 is 0 Å². The van der Waals surface area contributed by atoms with Crippen molar-refractivity contribution in [1.82, 2.24) is 0 Å². The summed E-state index contributed by atoms with van der Waals surface area (Å²) in [6.45, 7) is 2.09. The van der Waals surface area contributed by atoms with Crippen LogP contribution in [0.25, 0.3) is 0 Å². The molecule has 0 spiro atoms. The summed E-state index contributed by atoms with van der Waals surface area (Å²) in [4.78, 5) is 29.7. The number of rotatable bonds is 3. The molecule has 4 rings (SSSR count). The van der Waals surface area contributed by atoms with Crippen molar-refractivity contribution in [3.63, 3.8) is 0 Å². The quantitative estimate of drug-likeness (QED) is 0.550. The van der Waals surface area contributed by atoms with Gasteiger partial charge in [-0.1, -0.05) is 59.6 Å². The summed E-state index contributed by atoms with van der Waals surface area (Å²) in [5.74, 6) is -0.354. The van der Waals surface area contributed by atoms with Crippen LogP contribution < -0.4 is 9.80 Å². The molecule has 1 atom stereocenters. The average molecular weight is 425 g/mol. The van der Waals surface area contributed by atoms with Crippen molar-refractivity contribution < 1.29 is 9.59 Å². The highest BCUT2D eigenvalue weighted by Crippen LogP contribution is 2.38. The van der Waals surface area contributed by atoms with E-state index in [0.29, 0.717) is 33.5 Å². The molecule has 4 nitrogen and oxygen atoms in total. The van der Waals surface area contributed by atoms with Crippen LogP contribution in [0.15, 0.2) is 72.8 Å². The molecule has 0 aromatic heterocycles. The number of benzene rings is 3. The second-order valence-electron chi connectivity index (χ2n) is 6.88. The Morgan fingerprint density at radius 2 is 1.55 bits per heavy atom. The van der Waals surface area contributed by atoms with E-state index in [1.54, 1.807) is 41.0 Å². The average Bonchev–Trinajstić information content (AvgIpc) is 2.74. The Morgan fingerprint density at radius 3 is 2.24 bits per heavy atom. The fraction of sp³-hybridized carbons (Fsp3) is 0.130. The molecule has 0 radical (unpaired) electrons. The number of carbonyl (C=O) groups excluding carboxylic acids is 2. The number of carbonyl (C=O) groups is 2. The molecule has 1 aliphatic heterocycles. The molecule has 3 aromatic carbocycles. The second-order valence-corrected chi connectivity index (χ2v) is 7.69. The number of anilines is 2. The lowest BCUT2D eigenvalue weighted by Gasteiger charge is -2.40. The van der Waals surface area contributed by atoms with Crippen molar-refractivity contribution in [2.45, 2.75) is 19.5 Å². The number of fused-ring (bicyclic) bond motifs is 1. The molecule has 2 amide bonds. The van der Waals surface area contributed by atoms with Gasteiger partial charge in [0.05, 0.1) is 28.0 Å². The van der Waals surface area contributed by atoms with Crippen molar-refractivity contribution in [3.05, 3.63) is 94.0 Å². The zero-order valence-corrected chi connectivity index (χ0v) is 17.2. The summed E-state index contributed by atoms with van der Waals surface area (Å²) >= 11 is 12.2. The third-order valence-electron chi connectivity index (χ3n) is 5.01. The van der Waals surface area contributed by atoms with Gasteiger partial charge in [0.25, 0.3) is 5.91 Å². The van der Waals surface area contributed by atoms with Crippen LogP contribution in [-0.2, 0) is 11.3 Å². The fourth-order valence-electron chi connectivity index (χ4n) is 3.55. The Balaban J connectivity index is 1.74. The van der Waals surface area contributed by atoms with Crippen LogP contribution in [0.4, 0.5) is 11.4 Å². The number of nitrogens with zero attached hydrogens (tertiary/aromatic N) is 2. The SMILES string of the molecule is C[C@@H]1C(=O)N(Cc2ccc(Cl)c(Cl)c2)c2ccccc2N1C(=O)c1ccccc1. The number of para-hydroxylation sites is 2. The first-order valence-corrected chi connectivity index (χ1v) is 9.96. The Morgan fingerprint density at radius 1 is 0.897 bits per heavy atom. The molecule has 0 bridgehead atoms. The summed E-state index contributed by atoms with van der Waals surface area (Å²) in [7, 11) is 0. The Bertz CT molecular complexity index is 1090. The lowest BCUT2D eigenvalue weighted by molar-refractivity contribution is -0.119. The van der Waals surface area contributed by atoms with E-state index < -0.39 is 6.04 Å². The number of hydrogen-bond donors (Lipinski definition) is 0. The van der Waals surface area contributed by atoms with Crippen LogP contribution in [-0.4, -0.2) is 17.9 Å². The predicted octanol–water partition coefficient (Wildman–Crippen LogP) is 5.58. The predicted molar refractivity (Wildman–Crippen MR) is 117 cm³/mol. The summed E-state index contributed by atoms with van der Waals surface area (Å²) in [6.07, 6.45) is 0. The van der Waals surface area contributed by atoms with Crippen LogP contribution in [0.1, 0.15) is 22.8 Å². The van der Waals surface area contributed by atoms with Crippen molar-refractivity contribution in [3.8, 4) is 0 Å². The van der Waals surface area contributed by atoms with Crippen molar-refractivity contribution in [2.75, 3.05) is 9.80 Å². The topological polar surface area (TPSA) is 40.6 Å². The van der Waals surface area contributed by atoms with Crippen LogP contribution in [0.5, 0.6) is 0 Å². The minimum atomic E-state index is -0.639. The molecule has 0 unspecified atom stereocenters. The molecule has 1 heterocycles. The Labute approximate surface area is 179 Å². The van der Waals surface area contributed by atoms with Gasteiger partial charge in [0.15, 0.2) is 0 Å². The molecule has 0 saturated carbocycles. The fourth-order valence-corrected chi connectivity index (χ4v) is 3.87. The molecule has 146 valence electrons. The minimum absolute atomic E-state index is 0.154. The molecule has 3 aromatic rings. The van der Waals surface area contributed by atoms with Crippen molar-refractivity contribution >= 4 is 46.4 Å². The van der Waals surface area contributed by atoms with Gasteiger partial charge >= 0.3 is 0 Å². The second kappa shape index (κ2) is 7.90. The first-order valence-electron chi connectivity index (χ1n) is 9.20. The smallest absolute Gasteiger partial charge is 0.259 e. The van der Waals surface area contributed by atoms with E-state index in [4.69, 9.17) is 23.2 Å². The van der Waals surface area contributed by atoms with Gasteiger partial charge in [0.1, 0.15) is 6.04 Å². The van der Waals surface area contributed by atoms with Gasteiger partial charge in [-0.15, -0.1) is 0 Å². The monoisotopic (exact) mass is 424 g/mol. The maximum Gasteiger partial charge on any atom is 0.259 e. The van der Waals surface area contributed by atoms with Crippen molar-refractivity contribution in [2.24, 2.45) is 0 Å². The van der Waals surface area contributed by atoms with Crippen LogP contribution in [0, 0.1) is 0 Å². The maximum absolute atomic E-state index is 13.3. The summed E-state index contributed by atoms with van der Waals surface area (Å²) in [6, 6.07) is 21.1. The minimum Gasteiger partial charge on any atom is -0.304 e. The normalized spacial score (nSPS) is 16.0.